The minimum absolute atomic E-state index is 0.289. The van der Waals surface area contributed by atoms with Crippen LogP contribution in [0.3, 0.4) is 0 Å². The topological polar surface area (TPSA) is 51.4 Å². The van der Waals surface area contributed by atoms with E-state index in [-0.39, 0.29) is 5.60 Å². The van der Waals surface area contributed by atoms with E-state index in [0.29, 0.717) is 23.5 Å². The van der Waals surface area contributed by atoms with Gasteiger partial charge in [-0.05, 0) is 51.7 Å². The van der Waals surface area contributed by atoms with Crippen molar-refractivity contribution in [1.29, 1.82) is 0 Å². The lowest BCUT2D eigenvalue weighted by molar-refractivity contribution is 0.125. The summed E-state index contributed by atoms with van der Waals surface area (Å²) in [6.07, 6.45) is 2.52. The predicted octanol–water partition coefficient (Wildman–Crippen LogP) is 3.47. The Morgan fingerprint density at radius 1 is 1.35 bits per heavy atom. The van der Waals surface area contributed by atoms with Crippen LogP contribution in [-0.2, 0) is 0 Å². The van der Waals surface area contributed by atoms with Crippen molar-refractivity contribution in [3.8, 4) is 5.88 Å². The molecule has 4 nitrogen and oxygen atoms in total. The first kappa shape index (κ1) is 14.9. The van der Waals surface area contributed by atoms with Gasteiger partial charge >= 0.3 is 0 Å². The number of pyridine rings is 1. The van der Waals surface area contributed by atoms with Crippen LogP contribution in [0.1, 0.15) is 47.5 Å². The fourth-order valence-corrected chi connectivity index (χ4v) is 2.18. The van der Waals surface area contributed by atoms with Gasteiger partial charge in [-0.15, -0.1) is 0 Å². The Labute approximate surface area is 122 Å². The van der Waals surface area contributed by atoms with Crippen molar-refractivity contribution in [3.63, 3.8) is 0 Å². The van der Waals surface area contributed by atoms with Gasteiger partial charge in [-0.1, -0.05) is 13.8 Å². The van der Waals surface area contributed by atoms with Crippen LogP contribution in [0.2, 0.25) is 0 Å². The van der Waals surface area contributed by atoms with E-state index in [0.717, 1.165) is 12.4 Å². The first-order chi connectivity index (χ1) is 9.26. The smallest absolute Gasteiger partial charge is 0.239 e. The Hall–Kier alpha value is -1.45. The van der Waals surface area contributed by atoms with Crippen LogP contribution in [-0.4, -0.2) is 23.2 Å². The van der Waals surface area contributed by atoms with E-state index in [9.17, 15) is 0 Å². The summed E-state index contributed by atoms with van der Waals surface area (Å²) in [6, 6.07) is 4.54. The first-order valence-electron chi connectivity index (χ1n) is 7.48. The first-order valence-corrected chi connectivity index (χ1v) is 7.48. The number of anilines is 2. The molecule has 1 aromatic rings. The summed E-state index contributed by atoms with van der Waals surface area (Å²) in [4.78, 5) is 7.04. The van der Waals surface area contributed by atoms with Crippen LogP contribution in [0.25, 0.3) is 0 Å². The Bertz CT molecular complexity index is 461. The number of hydrogen-bond acceptors (Lipinski definition) is 4. The van der Waals surface area contributed by atoms with Crippen LogP contribution in [0.5, 0.6) is 5.88 Å². The number of nitrogens with two attached hydrogens (primary N) is 1. The highest BCUT2D eigenvalue weighted by Crippen LogP contribution is 2.34. The van der Waals surface area contributed by atoms with Crippen molar-refractivity contribution < 1.29 is 4.74 Å². The standard InChI is InChI=1S/C16H27N3O/c1-11(2)10-19(12-6-7-12)14-9-8-13(17)15(18-14)20-16(3,4)5/h8-9,11-12H,6-7,10,17H2,1-5H3. The van der Waals surface area contributed by atoms with E-state index in [1.165, 1.54) is 12.8 Å². The SMILES string of the molecule is CC(C)CN(c1ccc(N)c(OC(C)(C)C)n1)C1CC1. The molecule has 20 heavy (non-hydrogen) atoms. The highest BCUT2D eigenvalue weighted by molar-refractivity contribution is 5.55. The van der Waals surface area contributed by atoms with E-state index >= 15 is 0 Å². The van der Waals surface area contributed by atoms with Crippen molar-refractivity contribution in [2.75, 3.05) is 17.2 Å². The molecule has 0 bridgehead atoms. The van der Waals surface area contributed by atoms with Crippen molar-refractivity contribution in [3.05, 3.63) is 12.1 Å². The van der Waals surface area contributed by atoms with Crippen LogP contribution >= 0.6 is 0 Å². The van der Waals surface area contributed by atoms with Crippen molar-refractivity contribution in [2.24, 2.45) is 5.92 Å². The average molecular weight is 277 g/mol. The lowest BCUT2D eigenvalue weighted by Gasteiger charge is -2.27. The molecular weight excluding hydrogens is 250 g/mol. The molecule has 2 rings (SSSR count). The summed E-state index contributed by atoms with van der Waals surface area (Å²) < 4.78 is 5.87. The van der Waals surface area contributed by atoms with Gasteiger partial charge in [0, 0.05) is 12.6 Å². The predicted molar refractivity (Wildman–Crippen MR) is 84.2 cm³/mol. The molecular formula is C16H27N3O. The van der Waals surface area contributed by atoms with Gasteiger partial charge in [0.05, 0.1) is 5.69 Å². The summed E-state index contributed by atoms with van der Waals surface area (Å²) in [5.74, 6) is 2.14. The second kappa shape index (κ2) is 5.51. The highest BCUT2D eigenvalue weighted by atomic mass is 16.5. The number of rotatable bonds is 5. The van der Waals surface area contributed by atoms with Gasteiger partial charge in [-0.3, -0.25) is 0 Å². The molecule has 0 spiro atoms. The number of aromatic nitrogens is 1. The Kier molecular flexibility index (Phi) is 4.11. The van der Waals surface area contributed by atoms with Crippen LogP contribution < -0.4 is 15.4 Å². The second-order valence-corrected chi connectivity index (χ2v) is 7.06. The number of nitrogen functional groups attached to an aromatic ring is 1. The van der Waals surface area contributed by atoms with Crippen molar-refractivity contribution in [1.82, 2.24) is 4.98 Å². The zero-order valence-electron chi connectivity index (χ0n) is 13.3. The van der Waals surface area contributed by atoms with E-state index in [1.54, 1.807) is 0 Å². The Balaban J connectivity index is 2.24. The van der Waals surface area contributed by atoms with Crippen molar-refractivity contribution >= 4 is 11.5 Å². The van der Waals surface area contributed by atoms with Crippen LogP contribution in [0.15, 0.2) is 12.1 Å². The largest absolute Gasteiger partial charge is 0.470 e. The third-order valence-electron chi connectivity index (χ3n) is 3.12. The lowest BCUT2D eigenvalue weighted by atomic mass is 10.2. The third-order valence-corrected chi connectivity index (χ3v) is 3.12. The van der Waals surface area contributed by atoms with Gasteiger partial charge in [0.1, 0.15) is 11.4 Å². The maximum Gasteiger partial charge on any atom is 0.239 e. The molecule has 1 fully saturated rings. The molecule has 0 radical (unpaired) electrons. The molecule has 0 saturated heterocycles. The Morgan fingerprint density at radius 2 is 2.00 bits per heavy atom. The molecule has 1 aliphatic rings. The van der Waals surface area contributed by atoms with E-state index in [1.807, 2.05) is 32.9 Å². The monoisotopic (exact) mass is 277 g/mol. The molecule has 1 aromatic heterocycles. The maximum atomic E-state index is 5.98. The zero-order chi connectivity index (χ0) is 14.9. The molecule has 1 aliphatic carbocycles. The van der Waals surface area contributed by atoms with Gasteiger partial charge in [0.2, 0.25) is 5.88 Å². The normalized spacial score (nSPS) is 15.5. The summed E-state index contributed by atoms with van der Waals surface area (Å²) in [6.45, 7) is 11.5. The van der Waals surface area contributed by atoms with Gasteiger partial charge in [-0.2, -0.15) is 4.98 Å². The average Bonchev–Trinajstić information content (AvgIpc) is 3.11. The minimum atomic E-state index is -0.289. The highest BCUT2D eigenvalue weighted by Gasteiger charge is 2.31. The number of nitrogens with zero attached hydrogens (tertiary/aromatic N) is 2. The van der Waals surface area contributed by atoms with Crippen LogP contribution in [0, 0.1) is 5.92 Å². The van der Waals surface area contributed by atoms with Gasteiger partial charge in [-0.25, -0.2) is 0 Å². The molecule has 112 valence electrons. The summed E-state index contributed by atoms with van der Waals surface area (Å²) in [5, 5.41) is 0. The molecule has 0 unspecified atom stereocenters. The minimum Gasteiger partial charge on any atom is -0.470 e. The molecule has 1 heterocycles. The summed E-state index contributed by atoms with van der Waals surface area (Å²) in [7, 11) is 0. The Morgan fingerprint density at radius 3 is 2.50 bits per heavy atom. The second-order valence-electron chi connectivity index (χ2n) is 7.06. The fraction of sp³-hybridized carbons (Fsp3) is 0.688. The number of ether oxygens (including phenoxy) is 1. The summed E-state index contributed by atoms with van der Waals surface area (Å²) in [5.41, 5.74) is 6.30. The van der Waals surface area contributed by atoms with E-state index in [4.69, 9.17) is 10.5 Å². The van der Waals surface area contributed by atoms with E-state index < -0.39 is 0 Å². The van der Waals surface area contributed by atoms with Gasteiger partial charge in [0.15, 0.2) is 0 Å². The quantitative estimate of drug-likeness (QED) is 0.895. The fourth-order valence-electron chi connectivity index (χ4n) is 2.18. The van der Waals surface area contributed by atoms with Gasteiger partial charge < -0.3 is 15.4 Å². The molecule has 0 amide bonds. The molecule has 0 aromatic carbocycles. The van der Waals surface area contributed by atoms with E-state index in [2.05, 4.69) is 23.7 Å². The van der Waals surface area contributed by atoms with Crippen LogP contribution in [0.4, 0.5) is 11.5 Å². The summed E-state index contributed by atoms with van der Waals surface area (Å²) >= 11 is 0. The number of hydrogen-bond donors (Lipinski definition) is 1. The lowest BCUT2D eigenvalue weighted by Crippen LogP contribution is -2.31. The molecule has 0 atom stereocenters. The van der Waals surface area contributed by atoms with Crippen molar-refractivity contribution in [2.45, 2.75) is 59.1 Å². The molecule has 1 saturated carbocycles. The third kappa shape index (κ3) is 4.02. The molecule has 4 heteroatoms. The zero-order valence-corrected chi connectivity index (χ0v) is 13.3. The maximum absolute atomic E-state index is 5.98. The van der Waals surface area contributed by atoms with Gasteiger partial charge in [0.25, 0.3) is 0 Å². The molecule has 2 N–H and O–H groups in total. The molecule has 0 aliphatic heterocycles.